The Morgan fingerprint density at radius 2 is 2.19 bits per heavy atom. The molecule has 1 saturated heterocycles. The smallest absolute Gasteiger partial charge is 0.226 e. The maximum atomic E-state index is 12.0. The number of amides is 1. The van der Waals surface area contributed by atoms with Crippen LogP contribution in [0.2, 0.25) is 5.02 Å². The lowest BCUT2D eigenvalue weighted by atomic mass is 10.00. The average molecular weight is 322 g/mol. The van der Waals surface area contributed by atoms with Crippen molar-refractivity contribution in [1.29, 1.82) is 0 Å². The van der Waals surface area contributed by atoms with Crippen LogP contribution < -0.4 is 10.2 Å². The highest BCUT2D eigenvalue weighted by molar-refractivity contribution is 7.22. The molecule has 0 bridgehead atoms. The molecule has 1 saturated carbocycles. The van der Waals surface area contributed by atoms with Crippen LogP contribution in [0.3, 0.4) is 0 Å². The molecule has 1 aliphatic heterocycles. The van der Waals surface area contributed by atoms with Crippen molar-refractivity contribution in [2.24, 2.45) is 5.92 Å². The Morgan fingerprint density at radius 1 is 1.43 bits per heavy atom. The Balaban J connectivity index is 1.48. The van der Waals surface area contributed by atoms with E-state index < -0.39 is 0 Å². The van der Waals surface area contributed by atoms with Crippen molar-refractivity contribution in [3.8, 4) is 0 Å². The van der Waals surface area contributed by atoms with Crippen molar-refractivity contribution in [2.75, 3.05) is 18.0 Å². The van der Waals surface area contributed by atoms with Crippen LogP contribution in [0.25, 0.3) is 10.2 Å². The Labute approximate surface area is 132 Å². The third-order valence-corrected chi connectivity index (χ3v) is 5.37. The number of benzene rings is 1. The number of hydrogen-bond donors (Lipinski definition) is 1. The van der Waals surface area contributed by atoms with E-state index in [1.54, 1.807) is 11.3 Å². The summed E-state index contributed by atoms with van der Waals surface area (Å²) in [6, 6.07) is 4.34. The number of nitrogens with zero attached hydrogens (tertiary/aromatic N) is 2. The zero-order valence-electron chi connectivity index (χ0n) is 11.7. The van der Waals surface area contributed by atoms with E-state index in [1.165, 1.54) is 0 Å². The van der Waals surface area contributed by atoms with E-state index in [4.69, 9.17) is 16.6 Å². The quantitative estimate of drug-likeness (QED) is 0.945. The molecule has 0 atom stereocenters. The third kappa shape index (κ3) is 2.49. The second-order valence-corrected chi connectivity index (χ2v) is 7.40. The molecule has 4 nitrogen and oxygen atoms in total. The van der Waals surface area contributed by atoms with Crippen molar-refractivity contribution in [3.63, 3.8) is 0 Å². The van der Waals surface area contributed by atoms with Gasteiger partial charge in [0.05, 0.1) is 16.1 Å². The molecule has 0 spiro atoms. The van der Waals surface area contributed by atoms with Gasteiger partial charge in [0.15, 0.2) is 5.13 Å². The fraction of sp³-hybridized carbons (Fsp3) is 0.467. The number of anilines is 1. The summed E-state index contributed by atoms with van der Waals surface area (Å²) in [5.74, 6) is 0.316. The fourth-order valence-corrected chi connectivity index (χ4v) is 4.06. The topological polar surface area (TPSA) is 45.2 Å². The van der Waals surface area contributed by atoms with Crippen LogP contribution >= 0.6 is 22.9 Å². The second kappa shape index (κ2) is 4.85. The van der Waals surface area contributed by atoms with E-state index in [9.17, 15) is 4.79 Å². The largest absolute Gasteiger partial charge is 0.353 e. The number of rotatable bonds is 3. The van der Waals surface area contributed by atoms with Gasteiger partial charge in [0.25, 0.3) is 0 Å². The van der Waals surface area contributed by atoms with Crippen molar-refractivity contribution < 1.29 is 4.79 Å². The maximum absolute atomic E-state index is 12.0. The zero-order chi connectivity index (χ0) is 14.6. The number of nitrogens with one attached hydrogen (secondary N) is 1. The summed E-state index contributed by atoms with van der Waals surface area (Å²) in [6.45, 7) is 3.57. The molecule has 0 unspecified atom stereocenters. The summed E-state index contributed by atoms with van der Waals surface area (Å²) in [7, 11) is 0. The molecular weight excluding hydrogens is 306 g/mol. The summed E-state index contributed by atoms with van der Waals surface area (Å²) < 4.78 is 1.11. The molecule has 1 N–H and O–H groups in total. The first-order chi connectivity index (χ1) is 10.1. The predicted molar refractivity (Wildman–Crippen MR) is 86.2 cm³/mol. The van der Waals surface area contributed by atoms with E-state index >= 15 is 0 Å². The lowest BCUT2D eigenvalue weighted by Gasteiger charge is -2.38. The van der Waals surface area contributed by atoms with Gasteiger partial charge >= 0.3 is 0 Å². The summed E-state index contributed by atoms with van der Waals surface area (Å²) >= 11 is 7.74. The minimum Gasteiger partial charge on any atom is -0.353 e. The van der Waals surface area contributed by atoms with Gasteiger partial charge in [-0.05, 0) is 37.5 Å². The van der Waals surface area contributed by atoms with Gasteiger partial charge in [0.2, 0.25) is 5.91 Å². The number of carbonyl (C=O) groups is 1. The Kier molecular flexibility index (Phi) is 3.08. The summed E-state index contributed by atoms with van der Waals surface area (Å²) in [5, 5.41) is 4.81. The number of halogens is 1. The highest BCUT2D eigenvalue weighted by Crippen LogP contribution is 2.35. The van der Waals surface area contributed by atoms with Crippen LogP contribution in [-0.2, 0) is 4.79 Å². The standard InChI is InChI=1S/C15H16ClN3OS/c1-8-4-10(16)5-12-13(8)18-15(21-12)19-6-9(7-19)14(20)17-11-2-3-11/h4-5,9,11H,2-3,6-7H2,1H3,(H,17,20). The number of aromatic nitrogens is 1. The van der Waals surface area contributed by atoms with Gasteiger partial charge in [-0.1, -0.05) is 22.9 Å². The number of fused-ring (bicyclic) bond motifs is 1. The molecule has 21 heavy (non-hydrogen) atoms. The van der Waals surface area contributed by atoms with Crippen LogP contribution in [0.4, 0.5) is 5.13 Å². The first-order valence-corrected chi connectivity index (χ1v) is 8.41. The minimum absolute atomic E-state index is 0.113. The van der Waals surface area contributed by atoms with Gasteiger partial charge in [-0.2, -0.15) is 0 Å². The van der Waals surface area contributed by atoms with Gasteiger partial charge in [0.1, 0.15) is 0 Å². The zero-order valence-corrected chi connectivity index (χ0v) is 13.3. The lowest BCUT2D eigenvalue weighted by molar-refractivity contribution is -0.125. The van der Waals surface area contributed by atoms with Gasteiger partial charge in [-0.25, -0.2) is 4.98 Å². The van der Waals surface area contributed by atoms with E-state index in [0.717, 1.165) is 51.9 Å². The number of hydrogen-bond acceptors (Lipinski definition) is 4. The van der Waals surface area contributed by atoms with Gasteiger partial charge in [-0.3, -0.25) is 4.79 Å². The minimum atomic E-state index is 0.113. The second-order valence-electron chi connectivity index (χ2n) is 5.95. The van der Waals surface area contributed by atoms with Crippen molar-refractivity contribution >= 4 is 44.2 Å². The summed E-state index contributed by atoms with van der Waals surface area (Å²) in [4.78, 5) is 18.8. The Hall–Kier alpha value is -1.33. The first kappa shape index (κ1) is 13.3. The van der Waals surface area contributed by atoms with Crippen molar-refractivity contribution in [3.05, 3.63) is 22.7 Å². The predicted octanol–water partition coefficient (Wildman–Crippen LogP) is 2.97. The van der Waals surface area contributed by atoms with Crippen molar-refractivity contribution in [1.82, 2.24) is 10.3 Å². The lowest BCUT2D eigenvalue weighted by Crippen LogP contribution is -2.54. The highest BCUT2D eigenvalue weighted by atomic mass is 35.5. The number of carbonyl (C=O) groups excluding carboxylic acids is 1. The first-order valence-electron chi connectivity index (χ1n) is 7.22. The average Bonchev–Trinajstić information content (AvgIpc) is 3.05. The van der Waals surface area contributed by atoms with Gasteiger partial charge in [-0.15, -0.1) is 0 Å². The molecule has 6 heteroatoms. The molecule has 110 valence electrons. The molecule has 2 aliphatic rings. The molecule has 2 aromatic rings. The van der Waals surface area contributed by atoms with Gasteiger partial charge in [0, 0.05) is 24.2 Å². The molecule has 1 aromatic carbocycles. The molecule has 1 amide bonds. The molecule has 4 rings (SSSR count). The van der Waals surface area contributed by atoms with E-state index in [0.29, 0.717) is 6.04 Å². The van der Waals surface area contributed by atoms with Crippen molar-refractivity contribution in [2.45, 2.75) is 25.8 Å². The van der Waals surface area contributed by atoms with E-state index in [2.05, 4.69) is 10.2 Å². The monoisotopic (exact) mass is 321 g/mol. The Bertz CT molecular complexity index is 719. The van der Waals surface area contributed by atoms with Crippen LogP contribution in [0.5, 0.6) is 0 Å². The van der Waals surface area contributed by atoms with Crippen LogP contribution in [0.1, 0.15) is 18.4 Å². The molecule has 2 heterocycles. The molecule has 0 radical (unpaired) electrons. The third-order valence-electron chi connectivity index (χ3n) is 4.09. The number of thiazole rings is 1. The maximum Gasteiger partial charge on any atom is 0.226 e. The Morgan fingerprint density at radius 3 is 2.90 bits per heavy atom. The van der Waals surface area contributed by atoms with Gasteiger partial charge < -0.3 is 10.2 Å². The summed E-state index contributed by atoms with van der Waals surface area (Å²) in [5.41, 5.74) is 2.12. The SMILES string of the molecule is Cc1cc(Cl)cc2sc(N3CC(C(=O)NC4CC4)C3)nc12. The normalized spacial score (nSPS) is 18.9. The van der Waals surface area contributed by atoms with E-state index in [1.807, 2.05) is 19.1 Å². The number of aryl methyl sites for hydroxylation is 1. The fourth-order valence-electron chi connectivity index (χ4n) is 2.63. The van der Waals surface area contributed by atoms with Crippen LogP contribution in [-0.4, -0.2) is 30.0 Å². The molecule has 1 aromatic heterocycles. The molecule has 2 fully saturated rings. The molecule has 1 aliphatic carbocycles. The highest BCUT2D eigenvalue weighted by Gasteiger charge is 2.36. The van der Waals surface area contributed by atoms with Crippen LogP contribution in [0.15, 0.2) is 12.1 Å². The molecular formula is C15H16ClN3OS. The summed E-state index contributed by atoms with van der Waals surface area (Å²) in [6.07, 6.45) is 2.28. The van der Waals surface area contributed by atoms with E-state index in [-0.39, 0.29) is 11.8 Å². The van der Waals surface area contributed by atoms with Crippen LogP contribution in [0, 0.1) is 12.8 Å².